The number of hydrogen-bond donors (Lipinski definition) is 2. The molecule has 1 rings (SSSR count). The average Bonchev–Trinajstić information content (AvgIpc) is 2.40. The second kappa shape index (κ2) is 8.34. The van der Waals surface area contributed by atoms with Gasteiger partial charge in [-0.2, -0.15) is 0 Å². The van der Waals surface area contributed by atoms with Crippen LogP contribution in [0, 0.1) is 11.8 Å². The Hall–Kier alpha value is -0.860. The Kier molecular flexibility index (Phi) is 7.11. The van der Waals surface area contributed by atoms with Gasteiger partial charge in [-0.25, -0.2) is 0 Å². The molecule has 2 atom stereocenters. The minimum atomic E-state index is 0.420. The van der Waals surface area contributed by atoms with Crippen molar-refractivity contribution < 1.29 is 0 Å². The van der Waals surface area contributed by atoms with Gasteiger partial charge in [0.25, 0.3) is 0 Å². The largest absolute Gasteiger partial charge is 0.319 e. The van der Waals surface area contributed by atoms with Crippen LogP contribution in [-0.2, 0) is 6.42 Å². The van der Waals surface area contributed by atoms with Gasteiger partial charge in [-0.1, -0.05) is 51.5 Å². The van der Waals surface area contributed by atoms with E-state index in [0.29, 0.717) is 17.9 Å². The molecule has 0 fully saturated rings. The van der Waals surface area contributed by atoms with Crippen LogP contribution in [-0.4, -0.2) is 20.6 Å². The predicted octanol–water partition coefficient (Wildman–Crippen LogP) is 3.39. The molecule has 1 aromatic carbocycles. The lowest BCUT2D eigenvalue weighted by Crippen LogP contribution is -2.35. The topological polar surface area (TPSA) is 24.1 Å². The van der Waals surface area contributed by atoms with E-state index in [9.17, 15) is 0 Å². The zero-order valence-corrected chi connectivity index (χ0v) is 13.2. The van der Waals surface area contributed by atoms with Crippen LogP contribution in [0.25, 0.3) is 0 Å². The summed E-state index contributed by atoms with van der Waals surface area (Å²) >= 11 is 0. The van der Waals surface area contributed by atoms with Crippen LogP contribution in [0.3, 0.4) is 0 Å². The van der Waals surface area contributed by atoms with Gasteiger partial charge in [-0.3, -0.25) is 0 Å². The molecule has 2 N–H and O–H groups in total. The zero-order valence-electron chi connectivity index (χ0n) is 13.2. The summed E-state index contributed by atoms with van der Waals surface area (Å²) in [6.07, 6.45) is 2.39. The Labute approximate surface area is 119 Å². The number of nitrogens with one attached hydrogen (secondary N) is 2. The second-order valence-corrected chi connectivity index (χ2v) is 5.72. The lowest BCUT2D eigenvalue weighted by atomic mass is 9.84. The molecule has 0 saturated heterocycles. The van der Waals surface area contributed by atoms with Crippen LogP contribution in [0.15, 0.2) is 24.3 Å². The number of hydrogen-bond acceptors (Lipinski definition) is 2. The third kappa shape index (κ3) is 4.63. The highest BCUT2D eigenvalue weighted by atomic mass is 14.9. The molecule has 0 aliphatic rings. The Morgan fingerprint density at radius 2 is 1.68 bits per heavy atom. The van der Waals surface area contributed by atoms with Crippen LogP contribution in [0.1, 0.15) is 44.4 Å². The van der Waals surface area contributed by atoms with Crippen LogP contribution in [0.4, 0.5) is 0 Å². The van der Waals surface area contributed by atoms with Crippen molar-refractivity contribution in [3.63, 3.8) is 0 Å². The van der Waals surface area contributed by atoms with E-state index >= 15 is 0 Å². The first-order chi connectivity index (χ1) is 9.13. The maximum absolute atomic E-state index is 3.50. The van der Waals surface area contributed by atoms with E-state index in [-0.39, 0.29) is 0 Å². The Morgan fingerprint density at radius 3 is 2.11 bits per heavy atom. The van der Waals surface area contributed by atoms with Crippen molar-refractivity contribution in [1.29, 1.82) is 0 Å². The van der Waals surface area contributed by atoms with E-state index in [0.717, 1.165) is 6.54 Å². The summed E-state index contributed by atoms with van der Waals surface area (Å²) < 4.78 is 0. The van der Waals surface area contributed by atoms with Crippen molar-refractivity contribution in [2.45, 2.75) is 39.7 Å². The summed E-state index contributed by atoms with van der Waals surface area (Å²) in [5.74, 6) is 1.26. The maximum atomic E-state index is 3.50. The normalized spacial score (nSPS) is 14.6. The molecule has 0 spiro atoms. The summed E-state index contributed by atoms with van der Waals surface area (Å²) in [6.45, 7) is 7.88. The van der Waals surface area contributed by atoms with Gasteiger partial charge in [0.05, 0.1) is 0 Å². The molecule has 0 aromatic heterocycles. The first-order valence-corrected chi connectivity index (χ1v) is 7.54. The second-order valence-electron chi connectivity index (χ2n) is 5.72. The lowest BCUT2D eigenvalue weighted by Gasteiger charge is -2.30. The smallest absolute Gasteiger partial charge is 0.0360 e. The van der Waals surface area contributed by atoms with Gasteiger partial charge in [0.15, 0.2) is 0 Å². The van der Waals surface area contributed by atoms with Crippen LogP contribution >= 0.6 is 0 Å². The average molecular weight is 262 g/mol. The molecule has 2 nitrogen and oxygen atoms in total. The van der Waals surface area contributed by atoms with E-state index in [2.05, 4.69) is 62.7 Å². The van der Waals surface area contributed by atoms with E-state index in [1.54, 1.807) is 0 Å². The van der Waals surface area contributed by atoms with E-state index in [4.69, 9.17) is 0 Å². The third-order valence-corrected chi connectivity index (χ3v) is 3.91. The fourth-order valence-corrected chi connectivity index (χ4v) is 2.78. The standard InChI is InChI=1S/C17H30N2/c1-6-7-14-8-10-15(11-9-14)17(19-5)16(12-18-4)13(2)3/h8-11,13,16-19H,6-7,12H2,1-5H3. The Balaban J connectivity index is 2.88. The molecule has 0 amide bonds. The van der Waals surface area contributed by atoms with Crippen LogP contribution in [0.2, 0.25) is 0 Å². The molecule has 0 heterocycles. The van der Waals surface area contributed by atoms with Gasteiger partial charge in [0.1, 0.15) is 0 Å². The lowest BCUT2D eigenvalue weighted by molar-refractivity contribution is 0.284. The fourth-order valence-electron chi connectivity index (χ4n) is 2.78. The SMILES string of the molecule is CCCc1ccc(C(NC)C(CNC)C(C)C)cc1. The Bertz CT molecular complexity index is 343. The maximum Gasteiger partial charge on any atom is 0.0360 e. The van der Waals surface area contributed by atoms with Gasteiger partial charge in [0, 0.05) is 6.04 Å². The molecule has 19 heavy (non-hydrogen) atoms. The van der Waals surface area contributed by atoms with Crippen molar-refractivity contribution in [3.05, 3.63) is 35.4 Å². The molecule has 2 unspecified atom stereocenters. The van der Waals surface area contributed by atoms with Gasteiger partial charge in [0.2, 0.25) is 0 Å². The molecule has 0 saturated carbocycles. The first-order valence-electron chi connectivity index (χ1n) is 7.54. The molecule has 2 heteroatoms. The molecule has 1 aromatic rings. The molecular formula is C17H30N2. The predicted molar refractivity (Wildman–Crippen MR) is 84.5 cm³/mol. The molecule has 0 aliphatic heterocycles. The third-order valence-electron chi connectivity index (χ3n) is 3.91. The number of aryl methyl sites for hydroxylation is 1. The summed E-state index contributed by atoms with van der Waals surface area (Å²) in [6, 6.07) is 9.55. The molecule has 0 radical (unpaired) electrons. The highest BCUT2D eigenvalue weighted by Gasteiger charge is 2.23. The van der Waals surface area contributed by atoms with Crippen LogP contribution < -0.4 is 10.6 Å². The van der Waals surface area contributed by atoms with Gasteiger partial charge in [-0.05, 0) is 50.0 Å². The highest BCUT2D eigenvalue weighted by molar-refractivity contribution is 5.26. The summed E-state index contributed by atoms with van der Waals surface area (Å²) in [5.41, 5.74) is 2.84. The Morgan fingerprint density at radius 1 is 1.05 bits per heavy atom. The fraction of sp³-hybridized carbons (Fsp3) is 0.647. The molecule has 0 bridgehead atoms. The van der Waals surface area contributed by atoms with E-state index in [1.807, 2.05) is 7.05 Å². The van der Waals surface area contributed by atoms with Crippen molar-refractivity contribution in [3.8, 4) is 0 Å². The summed E-state index contributed by atoms with van der Waals surface area (Å²) in [7, 11) is 4.10. The van der Waals surface area contributed by atoms with Crippen molar-refractivity contribution in [2.75, 3.05) is 20.6 Å². The van der Waals surface area contributed by atoms with Crippen molar-refractivity contribution in [2.24, 2.45) is 11.8 Å². The first kappa shape index (κ1) is 16.2. The summed E-state index contributed by atoms with van der Waals surface area (Å²) in [5, 5.41) is 6.82. The van der Waals surface area contributed by atoms with E-state index in [1.165, 1.54) is 24.0 Å². The minimum Gasteiger partial charge on any atom is -0.319 e. The zero-order chi connectivity index (χ0) is 14.3. The van der Waals surface area contributed by atoms with E-state index < -0.39 is 0 Å². The molecule has 108 valence electrons. The minimum absolute atomic E-state index is 0.420. The van der Waals surface area contributed by atoms with Crippen LogP contribution in [0.5, 0.6) is 0 Å². The number of benzene rings is 1. The van der Waals surface area contributed by atoms with Crippen molar-refractivity contribution >= 4 is 0 Å². The summed E-state index contributed by atoms with van der Waals surface area (Å²) in [4.78, 5) is 0. The number of rotatable bonds is 8. The highest BCUT2D eigenvalue weighted by Crippen LogP contribution is 2.27. The molecular weight excluding hydrogens is 232 g/mol. The van der Waals surface area contributed by atoms with Gasteiger partial charge >= 0.3 is 0 Å². The quantitative estimate of drug-likeness (QED) is 0.750. The molecule has 0 aliphatic carbocycles. The van der Waals surface area contributed by atoms with Gasteiger partial charge < -0.3 is 10.6 Å². The van der Waals surface area contributed by atoms with Crippen molar-refractivity contribution in [1.82, 2.24) is 10.6 Å². The van der Waals surface area contributed by atoms with Gasteiger partial charge in [-0.15, -0.1) is 0 Å². The monoisotopic (exact) mass is 262 g/mol.